The van der Waals surface area contributed by atoms with Crippen LogP contribution in [0.3, 0.4) is 0 Å². The molecule has 1 aliphatic carbocycles. The lowest BCUT2D eigenvalue weighted by molar-refractivity contribution is -0.274. The highest BCUT2D eigenvalue weighted by molar-refractivity contribution is 6.33. The number of carbonyl (C=O) groups excluding carboxylic acids is 2. The number of amides is 2. The molecule has 1 saturated carbocycles. The van der Waals surface area contributed by atoms with Crippen LogP contribution in [0.5, 0.6) is 5.75 Å². The van der Waals surface area contributed by atoms with E-state index in [1.54, 1.807) is 0 Å². The van der Waals surface area contributed by atoms with E-state index in [1.807, 2.05) is 0 Å². The molecule has 0 radical (unpaired) electrons. The fraction of sp³-hybridized carbons (Fsp3) is 0.400. The Morgan fingerprint density at radius 2 is 1.64 bits per heavy atom. The van der Waals surface area contributed by atoms with Gasteiger partial charge in [0.25, 0.3) is 5.91 Å². The number of nitrogens with one attached hydrogen (secondary N) is 3. The summed E-state index contributed by atoms with van der Waals surface area (Å²) >= 11 is 6.10. The number of anilines is 1. The number of benzene rings is 2. The SMILES string of the molecule is O=C(N[C@@H](CC1CCCCC1)C(=O)NCCNc1ccc(OC(F)(F)F)cc1)c1ccc(-c2cc(C(F)(F)F)ccc2Cl)o1. The number of rotatable bonds is 11. The summed E-state index contributed by atoms with van der Waals surface area (Å²) in [5.41, 5.74) is -0.451. The van der Waals surface area contributed by atoms with Crippen molar-refractivity contribution in [2.24, 2.45) is 5.92 Å². The zero-order chi connectivity index (χ0) is 31.9. The van der Waals surface area contributed by atoms with Gasteiger partial charge < -0.3 is 25.1 Å². The van der Waals surface area contributed by atoms with Crippen molar-refractivity contribution >= 4 is 29.1 Å². The Balaban J connectivity index is 1.37. The van der Waals surface area contributed by atoms with Gasteiger partial charge in [-0.2, -0.15) is 13.2 Å². The van der Waals surface area contributed by atoms with Crippen molar-refractivity contribution in [1.82, 2.24) is 10.6 Å². The van der Waals surface area contributed by atoms with E-state index in [1.165, 1.54) is 24.3 Å². The Labute approximate surface area is 254 Å². The second-order valence-corrected chi connectivity index (χ2v) is 10.8. The van der Waals surface area contributed by atoms with Gasteiger partial charge in [-0.1, -0.05) is 43.7 Å². The fourth-order valence-corrected chi connectivity index (χ4v) is 5.21. The van der Waals surface area contributed by atoms with Crippen molar-refractivity contribution in [2.45, 2.75) is 57.1 Å². The van der Waals surface area contributed by atoms with Crippen LogP contribution in [0, 0.1) is 5.92 Å². The van der Waals surface area contributed by atoms with Crippen molar-refractivity contribution in [3.05, 3.63) is 70.9 Å². The lowest BCUT2D eigenvalue weighted by atomic mass is 9.84. The lowest BCUT2D eigenvalue weighted by Gasteiger charge is -2.26. The minimum Gasteiger partial charge on any atom is -0.451 e. The minimum atomic E-state index is -4.79. The van der Waals surface area contributed by atoms with Crippen molar-refractivity contribution in [2.75, 3.05) is 18.4 Å². The predicted octanol–water partition coefficient (Wildman–Crippen LogP) is 7.81. The zero-order valence-corrected chi connectivity index (χ0v) is 24.0. The van der Waals surface area contributed by atoms with Gasteiger partial charge in [0, 0.05) is 24.3 Å². The number of furan rings is 1. The van der Waals surface area contributed by atoms with Gasteiger partial charge in [0.1, 0.15) is 17.6 Å². The minimum absolute atomic E-state index is 0.00746. The van der Waals surface area contributed by atoms with Crippen LogP contribution in [0.1, 0.15) is 54.6 Å². The third-order valence-electron chi connectivity index (χ3n) is 7.15. The molecule has 0 bridgehead atoms. The highest BCUT2D eigenvalue weighted by atomic mass is 35.5. The van der Waals surface area contributed by atoms with Gasteiger partial charge in [-0.3, -0.25) is 9.59 Å². The van der Waals surface area contributed by atoms with E-state index in [0.717, 1.165) is 62.4 Å². The number of ether oxygens (including phenoxy) is 1. The molecule has 1 atom stereocenters. The summed E-state index contributed by atoms with van der Waals surface area (Å²) in [7, 11) is 0. The van der Waals surface area contributed by atoms with E-state index < -0.39 is 36.0 Å². The third-order valence-corrected chi connectivity index (χ3v) is 7.48. The molecule has 0 saturated heterocycles. The number of halogens is 7. The number of alkyl halides is 6. The van der Waals surface area contributed by atoms with Gasteiger partial charge in [0.05, 0.1) is 10.6 Å². The second-order valence-electron chi connectivity index (χ2n) is 10.4. The molecule has 1 aliphatic rings. The Hall–Kier alpha value is -3.87. The van der Waals surface area contributed by atoms with E-state index in [2.05, 4.69) is 20.7 Å². The molecule has 0 unspecified atom stereocenters. The van der Waals surface area contributed by atoms with Gasteiger partial charge in [-0.15, -0.1) is 13.2 Å². The molecule has 238 valence electrons. The zero-order valence-electron chi connectivity index (χ0n) is 23.3. The quantitative estimate of drug-likeness (QED) is 0.146. The first-order chi connectivity index (χ1) is 20.8. The molecule has 1 aromatic heterocycles. The van der Waals surface area contributed by atoms with E-state index in [9.17, 15) is 35.9 Å². The van der Waals surface area contributed by atoms with Crippen LogP contribution >= 0.6 is 11.6 Å². The normalized spacial score (nSPS) is 15.0. The smallest absolute Gasteiger partial charge is 0.451 e. The first-order valence-corrected chi connectivity index (χ1v) is 14.3. The molecule has 7 nitrogen and oxygen atoms in total. The summed E-state index contributed by atoms with van der Waals surface area (Å²) in [4.78, 5) is 26.2. The van der Waals surface area contributed by atoms with Crippen LogP contribution in [0.25, 0.3) is 11.3 Å². The van der Waals surface area contributed by atoms with Crippen LogP contribution < -0.4 is 20.7 Å². The van der Waals surface area contributed by atoms with Gasteiger partial charge in [0.2, 0.25) is 5.91 Å². The molecule has 0 spiro atoms. The summed E-state index contributed by atoms with van der Waals surface area (Å²) < 4.78 is 86.0. The van der Waals surface area contributed by atoms with Crippen molar-refractivity contribution < 1.29 is 45.1 Å². The van der Waals surface area contributed by atoms with Crippen LogP contribution in [0.15, 0.2) is 59.0 Å². The van der Waals surface area contributed by atoms with Gasteiger partial charge in [-0.05, 0) is 66.9 Å². The largest absolute Gasteiger partial charge is 0.573 e. The van der Waals surface area contributed by atoms with Crippen molar-refractivity contribution in [3.8, 4) is 17.1 Å². The predicted molar refractivity (Wildman–Crippen MR) is 151 cm³/mol. The van der Waals surface area contributed by atoms with E-state index in [-0.39, 0.29) is 46.9 Å². The highest BCUT2D eigenvalue weighted by Crippen LogP contribution is 2.36. The van der Waals surface area contributed by atoms with Crippen LogP contribution in [-0.4, -0.2) is 37.3 Å². The molecule has 3 aromatic rings. The fourth-order valence-electron chi connectivity index (χ4n) is 5.00. The Morgan fingerprint density at radius 1 is 0.932 bits per heavy atom. The van der Waals surface area contributed by atoms with Crippen molar-refractivity contribution in [3.63, 3.8) is 0 Å². The Bertz CT molecular complexity index is 1420. The maximum Gasteiger partial charge on any atom is 0.573 e. The molecule has 3 N–H and O–H groups in total. The van der Waals surface area contributed by atoms with E-state index >= 15 is 0 Å². The maximum absolute atomic E-state index is 13.2. The van der Waals surface area contributed by atoms with Gasteiger partial charge >= 0.3 is 12.5 Å². The molecule has 2 amide bonds. The first kappa shape index (κ1) is 33.0. The topological polar surface area (TPSA) is 92.6 Å². The van der Waals surface area contributed by atoms with E-state index in [4.69, 9.17) is 16.0 Å². The molecule has 4 rings (SSSR count). The summed E-state index contributed by atoms with van der Waals surface area (Å²) in [6, 6.07) is 9.62. The summed E-state index contributed by atoms with van der Waals surface area (Å²) in [6.45, 7) is 0.393. The van der Waals surface area contributed by atoms with E-state index in [0.29, 0.717) is 12.1 Å². The van der Waals surface area contributed by atoms with Crippen LogP contribution in [0.4, 0.5) is 32.0 Å². The summed E-state index contributed by atoms with van der Waals surface area (Å²) in [5, 5.41) is 8.44. The second kappa shape index (κ2) is 14.3. The van der Waals surface area contributed by atoms with Crippen LogP contribution in [-0.2, 0) is 11.0 Å². The molecule has 44 heavy (non-hydrogen) atoms. The molecular weight excluding hydrogens is 616 g/mol. The standard InChI is InChI=1S/C30H30ClF6N3O4/c31-23-11-6-19(29(32,33)34)17-22(23)25-12-13-26(43-25)28(42)40-24(16-18-4-2-1-3-5-18)27(41)39-15-14-38-20-7-9-21(10-8-20)44-30(35,36)37/h6-13,17-18,24,38H,1-5,14-16H2,(H,39,41)(H,40,42)/t24-/m0/s1. The Kier molecular flexibility index (Phi) is 10.7. The third kappa shape index (κ3) is 9.57. The highest BCUT2D eigenvalue weighted by Gasteiger charge is 2.32. The molecule has 1 fully saturated rings. The average molecular weight is 646 g/mol. The first-order valence-electron chi connectivity index (χ1n) is 13.9. The molecular formula is C30H30ClF6N3O4. The Morgan fingerprint density at radius 3 is 2.30 bits per heavy atom. The lowest BCUT2D eigenvalue weighted by Crippen LogP contribution is -2.48. The monoisotopic (exact) mass is 645 g/mol. The molecule has 2 aromatic carbocycles. The number of hydrogen-bond acceptors (Lipinski definition) is 5. The summed E-state index contributed by atoms with van der Waals surface area (Å²) in [6.07, 6.45) is -4.05. The molecule has 14 heteroatoms. The average Bonchev–Trinajstić information content (AvgIpc) is 3.45. The number of hydrogen-bond donors (Lipinski definition) is 3. The van der Waals surface area contributed by atoms with Crippen LogP contribution in [0.2, 0.25) is 5.02 Å². The molecule has 1 heterocycles. The maximum atomic E-state index is 13.2. The van der Waals surface area contributed by atoms with Gasteiger partial charge in [-0.25, -0.2) is 0 Å². The molecule has 0 aliphatic heterocycles. The summed E-state index contributed by atoms with van der Waals surface area (Å²) in [5.74, 6) is -1.54. The van der Waals surface area contributed by atoms with Crippen molar-refractivity contribution in [1.29, 1.82) is 0 Å². The van der Waals surface area contributed by atoms with Gasteiger partial charge in [0.15, 0.2) is 5.76 Å². The number of carbonyl (C=O) groups is 2.